The summed E-state index contributed by atoms with van der Waals surface area (Å²) in [7, 11) is 0. The largest absolute Gasteiger partial charge is 0.494 e. The number of fused-ring (bicyclic) bond motifs is 1. The number of ether oxygens (including phenoxy) is 1. The Morgan fingerprint density at radius 3 is 2.77 bits per heavy atom. The highest BCUT2D eigenvalue weighted by Crippen LogP contribution is 2.33. The maximum absolute atomic E-state index is 13.7. The quantitative estimate of drug-likeness (QED) is 0.407. The van der Waals surface area contributed by atoms with Gasteiger partial charge in [-0.05, 0) is 64.1 Å². The van der Waals surface area contributed by atoms with Crippen molar-refractivity contribution in [1.29, 1.82) is 0 Å². The summed E-state index contributed by atoms with van der Waals surface area (Å²) in [4.78, 5) is 24.6. The van der Waals surface area contributed by atoms with Crippen LogP contribution < -0.4 is 9.64 Å². The molecule has 7 nitrogen and oxygen atoms in total. The number of aryl methyl sites for hydroxylation is 1. The van der Waals surface area contributed by atoms with Crippen LogP contribution in [-0.4, -0.2) is 32.3 Å². The Morgan fingerprint density at radius 2 is 2.06 bits per heavy atom. The van der Waals surface area contributed by atoms with E-state index in [1.807, 2.05) is 70.2 Å². The van der Waals surface area contributed by atoms with Crippen LogP contribution in [0.15, 0.2) is 48.7 Å². The van der Waals surface area contributed by atoms with Crippen LogP contribution in [0.25, 0.3) is 10.2 Å². The molecule has 0 saturated heterocycles. The van der Waals surface area contributed by atoms with E-state index < -0.39 is 0 Å². The Hall–Kier alpha value is -3.26. The number of amides is 1. The molecule has 0 radical (unpaired) electrons. The highest BCUT2D eigenvalue weighted by molar-refractivity contribution is 7.22. The lowest BCUT2D eigenvalue weighted by Gasteiger charge is -2.21. The molecule has 3 heterocycles. The Labute approximate surface area is 185 Å². The first kappa shape index (κ1) is 21.0. The molecule has 31 heavy (non-hydrogen) atoms. The van der Waals surface area contributed by atoms with Gasteiger partial charge in [0.2, 0.25) is 0 Å². The van der Waals surface area contributed by atoms with Gasteiger partial charge in [-0.2, -0.15) is 5.10 Å². The molecule has 0 fully saturated rings. The summed E-state index contributed by atoms with van der Waals surface area (Å²) in [6.45, 7) is 8.79. The second-order valence-corrected chi connectivity index (χ2v) is 8.49. The fourth-order valence-electron chi connectivity index (χ4n) is 3.35. The Balaban J connectivity index is 1.78. The van der Waals surface area contributed by atoms with Gasteiger partial charge in [-0.3, -0.25) is 19.4 Å². The van der Waals surface area contributed by atoms with E-state index in [1.54, 1.807) is 15.8 Å². The summed E-state index contributed by atoms with van der Waals surface area (Å²) < 4.78 is 8.35. The van der Waals surface area contributed by atoms with Crippen LogP contribution in [0.4, 0.5) is 5.13 Å². The van der Waals surface area contributed by atoms with Gasteiger partial charge >= 0.3 is 0 Å². The lowest BCUT2D eigenvalue weighted by Crippen LogP contribution is -2.32. The molecular formula is C23H25N5O2S. The molecule has 0 aliphatic rings. The molecule has 4 rings (SSSR count). The van der Waals surface area contributed by atoms with E-state index in [-0.39, 0.29) is 11.9 Å². The normalized spacial score (nSPS) is 11.3. The second kappa shape index (κ2) is 8.85. The molecule has 0 bridgehead atoms. The van der Waals surface area contributed by atoms with Crippen molar-refractivity contribution in [3.05, 3.63) is 65.7 Å². The minimum absolute atomic E-state index is 0.0634. The third kappa shape index (κ3) is 4.44. The van der Waals surface area contributed by atoms with Gasteiger partial charge in [0, 0.05) is 12.2 Å². The zero-order valence-electron chi connectivity index (χ0n) is 18.1. The lowest BCUT2D eigenvalue weighted by molar-refractivity contribution is 0.0972. The van der Waals surface area contributed by atoms with E-state index in [0.717, 1.165) is 27.4 Å². The van der Waals surface area contributed by atoms with Crippen LogP contribution in [0.3, 0.4) is 0 Å². The van der Waals surface area contributed by atoms with Crippen molar-refractivity contribution in [3.63, 3.8) is 0 Å². The van der Waals surface area contributed by atoms with Crippen molar-refractivity contribution in [3.8, 4) is 5.75 Å². The molecule has 1 amide bonds. The van der Waals surface area contributed by atoms with Crippen molar-refractivity contribution < 1.29 is 9.53 Å². The van der Waals surface area contributed by atoms with Gasteiger partial charge in [-0.1, -0.05) is 17.4 Å². The number of rotatable bonds is 7. The average Bonchev–Trinajstić information content (AvgIpc) is 3.35. The number of anilines is 1. The van der Waals surface area contributed by atoms with Gasteiger partial charge in [0.15, 0.2) is 5.13 Å². The zero-order chi connectivity index (χ0) is 22.0. The van der Waals surface area contributed by atoms with Gasteiger partial charge in [0.1, 0.15) is 11.4 Å². The molecule has 0 saturated carbocycles. The number of carbonyl (C=O) groups excluding carboxylic acids is 1. The summed E-state index contributed by atoms with van der Waals surface area (Å²) in [5.41, 5.74) is 2.96. The first-order chi connectivity index (χ1) is 15.0. The fourth-order valence-corrected chi connectivity index (χ4v) is 4.34. The molecule has 0 unspecified atom stereocenters. The topological polar surface area (TPSA) is 73.1 Å². The van der Waals surface area contributed by atoms with Crippen molar-refractivity contribution >= 4 is 32.6 Å². The van der Waals surface area contributed by atoms with Crippen LogP contribution in [-0.2, 0) is 6.54 Å². The van der Waals surface area contributed by atoms with Crippen molar-refractivity contribution in [2.24, 2.45) is 0 Å². The number of aromatic nitrogens is 4. The van der Waals surface area contributed by atoms with E-state index in [9.17, 15) is 4.79 Å². The fraction of sp³-hybridized carbons (Fsp3) is 0.304. The smallest absolute Gasteiger partial charge is 0.278 e. The van der Waals surface area contributed by atoms with E-state index in [2.05, 4.69) is 10.1 Å². The average molecular weight is 436 g/mol. The Bertz CT molecular complexity index is 1200. The SMILES string of the molecule is CCOc1ccc2nc(N(Cc3ccccn3)C(=O)c3cc(C)nn3C(C)C)sc2c1. The molecular weight excluding hydrogens is 410 g/mol. The first-order valence-electron chi connectivity index (χ1n) is 10.3. The van der Waals surface area contributed by atoms with Crippen LogP contribution in [0.5, 0.6) is 5.75 Å². The van der Waals surface area contributed by atoms with E-state index in [4.69, 9.17) is 9.72 Å². The molecule has 3 aromatic heterocycles. The van der Waals surface area contributed by atoms with Gasteiger partial charge in [-0.15, -0.1) is 0 Å². The second-order valence-electron chi connectivity index (χ2n) is 7.48. The van der Waals surface area contributed by atoms with Crippen molar-refractivity contribution in [2.75, 3.05) is 11.5 Å². The third-order valence-electron chi connectivity index (χ3n) is 4.75. The summed E-state index contributed by atoms with van der Waals surface area (Å²) >= 11 is 1.47. The number of hydrogen-bond acceptors (Lipinski definition) is 6. The van der Waals surface area contributed by atoms with Crippen LogP contribution in [0.1, 0.15) is 48.7 Å². The summed E-state index contributed by atoms with van der Waals surface area (Å²) in [5.74, 6) is 0.644. The monoisotopic (exact) mass is 435 g/mol. The molecule has 4 aromatic rings. The minimum atomic E-state index is -0.149. The van der Waals surface area contributed by atoms with E-state index >= 15 is 0 Å². The van der Waals surface area contributed by atoms with Crippen molar-refractivity contribution in [2.45, 2.75) is 40.3 Å². The molecule has 160 valence electrons. The number of pyridine rings is 1. The zero-order valence-corrected chi connectivity index (χ0v) is 18.9. The Kier molecular flexibility index (Phi) is 5.99. The molecule has 0 aliphatic carbocycles. The molecule has 1 aromatic carbocycles. The number of nitrogens with zero attached hydrogens (tertiary/aromatic N) is 5. The van der Waals surface area contributed by atoms with Gasteiger partial charge in [0.05, 0.1) is 34.8 Å². The summed E-state index contributed by atoms with van der Waals surface area (Å²) in [5, 5.41) is 5.13. The number of thiazole rings is 1. The van der Waals surface area contributed by atoms with Crippen molar-refractivity contribution in [1.82, 2.24) is 19.7 Å². The number of hydrogen-bond donors (Lipinski definition) is 0. The van der Waals surface area contributed by atoms with Crippen LogP contribution in [0.2, 0.25) is 0 Å². The minimum Gasteiger partial charge on any atom is -0.494 e. The molecule has 0 spiro atoms. The van der Waals surface area contributed by atoms with E-state index in [1.165, 1.54) is 11.3 Å². The maximum Gasteiger partial charge on any atom is 0.278 e. The van der Waals surface area contributed by atoms with Gasteiger partial charge in [0.25, 0.3) is 5.91 Å². The maximum atomic E-state index is 13.7. The van der Waals surface area contributed by atoms with Gasteiger partial charge < -0.3 is 4.74 Å². The molecule has 0 atom stereocenters. The molecule has 0 N–H and O–H groups in total. The number of benzene rings is 1. The predicted octanol–water partition coefficient (Wildman–Crippen LogP) is 5.02. The molecule has 8 heteroatoms. The van der Waals surface area contributed by atoms with Crippen LogP contribution >= 0.6 is 11.3 Å². The third-order valence-corrected chi connectivity index (χ3v) is 5.79. The number of carbonyl (C=O) groups is 1. The standard InChI is InChI=1S/C23H25N5O2S/c1-5-30-18-9-10-19-21(13-18)31-23(25-19)27(14-17-8-6-7-11-24-17)22(29)20-12-16(4)26-28(20)15(2)3/h6-13,15H,5,14H2,1-4H3. The predicted molar refractivity (Wildman–Crippen MR) is 123 cm³/mol. The highest BCUT2D eigenvalue weighted by atomic mass is 32.1. The van der Waals surface area contributed by atoms with E-state index in [0.29, 0.717) is 24.0 Å². The first-order valence-corrected chi connectivity index (χ1v) is 11.1. The summed E-state index contributed by atoms with van der Waals surface area (Å²) in [6.07, 6.45) is 1.73. The highest BCUT2D eigenvalue weighted by Gasteiger charge is 2.26. The Morgan fingerprint density at radius 1 is 1.23 bits per heavy atom. The summed E-state index contributed by atoms with van der Waals surface area (Å²) in [6, 6.07) is 13.4. The van der Waals surface area contributed by atoms with Gasteiger partial charge in [-0.25, -0.2) is 4.98 Å². The lowest BCUT2D eigenvalue weighted by atomic mass is 10.2. The molecule has 0 aliphatic heterocycles. The van der Waals surface area contributed by atoms with Crippen LogP contribution in [0, 0.1) is 6.92 Å².